The highest BCUT2D eigenvalue weighted by molar-refractivity contribution is 6.01. The Morgan fingerprint density at radius 3 is 2.28 bits per heavy atom. The third-order valence-corrected chi connectivity index (χ3v) is 6.58. The Kier molecular flexibility index (Phi) is 6.90. The normalized spacial score (nSPS) is 22.7. The van der Waals surface area contributed by atoms with Gasteiger partial charge in [-0.3, -0.25) is 9.59 Å². The molecule has 2 heterocycles. The number of piperidine rings is 1. The summed E-state index contributed by atoms with van der Waals surface area (Å²) in [4.78, 5) is 29.6. The van der Waals surface area contributed by atoms with Crippen LogP contribution in [-0.2, 0) is 9.59 Å². The summed E-state index contributed by atoms with van der Waals surface area (Å²) in [7, 11) is 0. The molecule has 0 radical (unpaired) electrons. The van der Waals surface area contributed by atoms with Crippen LogP contribution in [-0.4, -0.2) is 48.9 Å². The highest BCUT2D eigenvalue weighted by Crippen LogP contribution is 2.33. The summed E-state index contributed by atoms with van der Waals surface area (Å²) in [5, 5.41) is 3.66. The number of nitrogens with one attached hydrogen (secondary N) is 1. The molecule has 1 atom stereocenters. The molecule has 1 saturated carbocycles. The number of aryl methyl sites for hydroxylation is 3. The zero-order valence-electron chi connectivity index (χ0n) is 17.9. The zero-order chi connectivity index (χ0) is 19.8. The number of hydrogen-bond acceptors (Lipinski definition) is 3. The maximum atomic E-state index is 13.1. The van der Waals surface area contributed by atoms with Crippen molar-refractivity contribution in [1.82, 2.24) is 10.2 Å². The number of likely N-dealkylation sites (tertiary alicyclic amines) is 1. The van der Waals surface area contributed by atoms with Crippen LogP contribution in [0.2, 0.25) is 0 Å². The highest BCUT2D eigenvalue weighted by atomic mass is 35.5. The van der Waals surface area contributed by atoms with E-state index < -0.39 is 0 Å². The molecule has 0 aromatic heterocycles. The topological polar surface area (TPSA) is 52.7 Å². The van der Waals surface area contributed by atoms with Crippen LogP contribution in [0.25, 0.3) is 0 Å². The lowest BCUT2D eigenvalue weighted by Crippen LogP contribution is -2.47. The van der Waals surface area contributed by atoms with Crippen LogP contribution in [0.5, 0.6) is 0 Å². The first-order chi connectivity index (χ1) is 13.4. The van der Waals surface area contributed by atoms with Gasteiger partial charge in [0.25, 0.3) is 0 Å². The molecule has 29 heavy (non-hydrogen) atoms. The van der Waals surface area contributed by atoms with Crippen molar-refractivity contribution >= 4 is 29.9 Å². The minimum Gasteiger partial charge on any atom is -0.342 e. The summed E-state index contributed by atoms with van der Waals surface area (Å²) in [6, 6.07) is 4.78. The predicted molar refractivity (Wildman–Crippen MR) is 119 cm³/mol. The van der Waals surface area contributed by atoms with Gasteiger partial charge in [0.2, 0.25) is 11.8 Å². The van der Waals surface area contributed by atoms with Crippen LogP contribution in [0.3, 0.4) is 0 Å². The smallest absolute Gasteiger partial charge is 0.228 e. The fourth-order valence-corrected chi connectivity index (χ4v) is 4.90. The predicted octanol–water partition coefficient (Wildman–Crippen LogP) is 3.38. The maximum Gasteiger partial charge on any atom is 0.228 e. The van der Waals surface area contributed by atoms with Crippen molar-refractivity contribution in [2.75, 3.05) is 31.1 Å². The van der Waals surface area contributed by atoms with Crippen molar-refractivity contribution in [3.8, 4) is 0 Å². The van der Waals surface area contributed by atoms with Gasteiger partial charge in [0.15, 0.2) is 0 Å². The van der Waals surface area contributed by atoms with Crippen molar-refractivity contribution in [3.63, 3.8) is 0 Å². The standard InChI is InChI=1S/C23H33N3O2.ClH/c1-15-10-16(2)22(17(3)11-15)26-14-19(12-21(26)27)23(28)25-8-6-20(7-9-25)24-13-18-4-5-18;/h10-11,18-20,24H,4-9,12-14H2,1-3H3;1H. The fraction of sp³-hybridized carbons (Fsp3) is 0.652. The van der Waals surface area contributed by atoms with Crippen LogP contribution < -0.4 is 10.2 Å². The van der Waals surface area contributed by atoms with Gasteiger partial charge in [0.05, 0.1) is 5.92 Å². The number of amides is 2. The Balaban J connectivity index is 0.00000240. The number of nitrogens with zero attached hydrogens (tertiary/aromatic N) is 2. The highest BCUT2D eigenvalue weighted by Gasteiger charge is 2.39. The molecule has 1 unspecified atom stereocenters. The molecule has 2 amide bonds. The van der Waals surface area contributed by atoms with Crippen molar-refractivity contribution in [3.05, 3.63) is 28.8 Å². The van der Waals surface area contributed by atoms with E-state index in [2.05, 4.69) is 38.2 Å². The molecule has 5 nitrogen and oxygen atoms in total. The van der Waals surface area contributed by atoms with Crippen molar-refractivity contribution in [2.24, 2.45) is 11.8 Å². The molecule has 2 saturated heterocycles. The Bertz CT molecular complexity index is 746. The molecule has 3 fully saturated rings. The summed E-state index contributed by atoms with van der Waals surface area (Å²) in [6.45, 7) is 9.46. The molecule has 1 N–H and O–H groups in total. The molecular weight excluding hydrogens is 386 g/mol. The summed E-state index contributed by atoms with van der Waals surface area (Å²) in [5.74, 6) is 0.931. The van der Waals surface area contributed by atoms with E-state index in [1.165, 1.54) is 18.4 Å². The molecule has 0 bridgehead atoms. The summed E-state index contributed by atoms with van der Waals surface area (Å²) < 4.78 is 0. The van der Waals surface area contributed by atoms with Gasteiger partial charge in [-0.15, -0.1) is 12.4 Å². The molecule has 1 aromatic rings. The van der Waals surface area contributed by atoms with E-state index in [9.17, 15) is 9.59 Å². The molecule has 1 aliphatic carbocycles. The van der Waals surface area contributed by atoms with Crippen LogP contribution in [0.1, 0.15) is 48.8 Å². The summed E-state index contributed by atoms with van der Waals surface area (Å²) >= 11 is 0. The molecule has 1 aromatic carbocycles. The SMILES string of the molecule is Cc1cc(C)c(N2CC(C(=O)N3CCC(NCC4CC4)CC3)CC2=O)c(C)c1.Cl. The fourth-order valence-electron chi connectivity index (χ4n) is 4.90. The number of rotatable bonds is 5. The second kappa shape index (κ2) is 9.05. The zero-order valence-corrected chi connectivity index (χ0v) is 18.7. The van der Waals surface area contributed by atoms with E-state index >= 15 is 0 Å². The van der Waals surface area contributed by atoms with Gasteiger partial charge in [0.1, 0.15) is 0 Å². The Labute approximate surface area is 180 Å². The summed E-state index contributed by atoms with van der Waals surface area (Å²) in [5.41, 5.74) is 4.42. The van der Waals surface area contributed by atoms with Gasteiger partial charge in [0, 0.05) is 37.8 Å². The maximum absolute atomic E-state index is 13.1. The largest absolute Gasteiger partial charge is 0.342 e. The number of carbonyl (C=O) groups is 2. The first-order valence-electron chi connectivity index (χ1n) is 10.8. The van der Waals surface area contributed by atoms with E-state index in [0.29, 0.717) is 19.0 Å². The van der Waals surface area contributed by atoms with Gasteiger partial charge in [-0.05, 0) is 70.0 Å². The average Bonchev–Trinajstić information content (AvgIpc) is 3.41. The molecule has 4 rings (SSSR count). The Hall–Kier alpha value is -1.59. The van der Waals surface area contributed by atoms with Crippen LogP contribution in [0.15, 0.2) is 12.1 Å². The number of hydrogen-bond donors (Lipinski definition) is 1. The van der Waals surface area contributed by atoms with Gasteiger partial charge in [-0.2, -0.15) is 0 Å². The summed E-state index contributed by atoms with van der Waals surface area (Å²) in [6.07, 6.45) is 5.14. The van der Waals surface area contributed by atoms with Crippen LogP contribution >= 0.6 is 12.4 Å². The quantitative estimate of drug-likeness (QED) is 0.795. The second-order valence-electron chi connectivity index (χ2n) is 9.10. The van der Waals surface area contributed by atoms with E-state index in [1.807, 2.05) is 9.80 Å². The third-order valence-electron chi connectivity index (χ3n) is 6.58. The van der Waals surface area contributed by atoms with Gasteiger partial charge < -0.3 is 15.1 Å². The van der Waals surface area contributed by atoms with Crippen LogP contribution in [0, 0.1) is 32.6 Å². The molecule has 160 valence electrons. The van der Waals surface area contributed by atoms with E-state index in [0.717, 1.165) is 55.2 Å². The molecule has 2 aliphatic heterocycles. The molecule has 6 heteroatoms. The second-order valence-corrected chi connectivity index (χ2v) is 9.10. The van der Waals surface area contributed by atoms with E-state index in [4.69, 9.17) is 0 Å². The average molecular weight is 420 g/mol. The van der Waals surface area contributed by atoms with Crippen LogP contribution in [0.4, 0.5) is 5.69 Å². The number of carbonyl (C=O) groups excluding carboxylic acids is 2. The van der Waals surface area contributed by atoms with Crippen molar-refractivity contribution < 1.29 is 9.59 Å². The third kappa shape index (κ3) is 4.95. The minimum atomic E-state index is -0.205. The van der Waals surface area contributed by atoms with Crippen molar-refractivity contribution in [1.29, 1.82) is 0 Å². The van der Waals surface area contributed by atoms with Crippen molar-refractivity contribution in [2.45, 2.75) is 58.9 Å². The van der Waals surface area contributed by atoms with Gasteiger partial charge in [-0.25, -0.2) is 0 Å². The molecular formula is C23H34ClN3O2. The monoisotopic (exact) mass is 419 g/mol. The number of benzene rings is 1. The lowest BCUT2D eigenvalue weighted by Gasteiger charge is -2.34. The van der Waals surface area contributed by atoms with E-state index in [-0.39, 0.29) is 30.1 Å². The number of anilines is 1. The Morgan fingerprint density at radius 2 is 1.69 bits per heavy atom. The lowest BCUT2D eigenvalue weighted by molar-refractivity contribution is -0.136. The first-order valence-corrected chi connectivity index (χ1v) is 10.8. The molecule has 3 aliphatic rings. The minimum absolute atomic E-state index is 0. The number of halogens is 1. The first kappa shape index (κ1) is 22.1. The van der Waals surface area contributed by atoms with Gasteiger partial charge >= 0.3 is 0 Å². The lowest BCUT2D eigenvalue weighted by atomic mass is 10.0. The van der Waals surface area contributed by atoms with E-state index in [1.54, 1.807) is 0 Å². The molecule has 0 spiro atoms. The Morgan fingerprint density at radius 1 is 1.07 bits per heavy atom. The van der Waals surface area contributed by atoms with Gasteiger partial charge in [-0.1, -0.05) is 17.7 Å².